The van der Waals surface area contributed by atoms with Gasteiger partial charge in [-0.2, -0.15) is 0 Å². The molecule has 118 valence electrons. The van der Waals surface area contributed by atoms with Crippen LogP contribution in [0.4, 0.5) is 0 Å². The predicted octanol–water partition coefficient (Wildman–Crippen LogP) is 0.197. The number of carbonyl (C=O) groups excluding carboxylic acids is 2. The maximum Gasteiger partial charge on any atom is 0.267 e. The molecular weight excluding hydrogens is 286 g/mol. The standard InChI is InChI=1S/C15H19N3O4/c16-14(19)13-7-11(1-4-17-13)22-12-8-18(9-12)15(20)10-2-5-21-6-3-10/h1,4,7,10,12H,2-3,5-6,8-9H2,(H2,16,19). The Morgan fingerprint density at radius 3 is 2.73 bits per heavy atom. The number of likely N-dealkylation sites (tertiary alicyclic amines) is 1. The lowest BCUT2D eigenvalue weighted by atomic mass is 9.96. The molecule has 1 aromatic rings. The largest absolute Gasteiger partial charge is 0.487 e. The summed E-state index contributed by atoms with van der Waals surface area (Å²) >= 11 is 0. The molecule has 2 aliphatic rings. The lowest BCUT2D eigenvalue weighted by molar-refractivity contribution is -0.147. The van der Waals surface area contributed by atoms with E-state index in [1.807, 2.05) is 4.90 Å². The molecule has 0 radical (unpaired) electrons. The zero-order valence-electron chi connectivity index (χ0n) is 12.2. The molecule has 0 atom stereocenters. The van der Waals surface area contributed by atoms with Gasteiger partial charge < -0.3 is 20.1 Å². The highest BCUT2D eigenvalue weighted by Gasteiger charge is 2.36. The molecule has 7 nitrogen and oxygen atoms in total. The van der Waals surface area contributed by atoms with Crippen molar-refractivity contribution in [2.45, 2.75) is 18.9 Å². The minimum Gasteiger partial charge on any atom is -0.487 e. The molecule has 2 N–H and O–H groups in total. The molecule has 0 spiro atoms. The van der Waals surface area contributed by atoms with Crippen LogP contribution in [-0.2, 0) is 9.53 Å². The number of ether oxygens (including phenoxy) is 2. The number of nitrogens with zero attached hydrogens (tertiary/aromatic N) is 2. The zero-order chi connectivity index (χ0) is 15.5. The first kappa shape index (κ1) is 14.8. The quantitative estimate of drug-likeness (QED) is 0.857. The Bertz CT molecular complexity index is 566. The summed E-state index contributed by atoms with van der Waals surface area (Å²) < 4.78 is 11.0. The van der Waals surface area contributed by atoms with Crippen LogP contribution in [0.2, 0.25) is 0 Å². The second-order valence-corrected chi connectivity index (χ2v) is 5.61. The average Bonchev–Trinajstić information content (AvgIpc) is 2.51. The molecule has 2 fully saturated rings. The second-order valence-electron chi connectivity index (χ2n) is 5.61. The minimum atomic E-state index is -0.588. The molecule has 0 aromatic carbocycles. The lowest BCUT2D eigenvalue weighted by Gasteiger charge is -2.41. The Morgan fingerprint density at radius 1 is 1.32 bits per heavy atom. The van der Waals surface area contributed by atoms with Crippen LogP contribution in [0.25, 0.3) is 0 Å². The number of rotatable bonds is 4. The van der Waals surface area contributed by atoms with E-state index in [2.05, 4.69) is 4.98 Å². The highest BCUT2D eigenvalue weighted by atomic mass is 16.5. The molecule has 2 amide bonds. The van der Waals surface area contributed by atoms with Crippen LogP contribution in [0.3, 0.4) is 0 Å². The van der Waals surface area contributed by atoms with E-state index in [9.17, 15) is 9.59 Å². The molecule has 22 heavy (non-hydrogen) atoms. The normalized spacial score (nSPS) is 19.5. The van der Waals surface area contributed by atoms with Gasteiger partial charge >= 0.3 is 0 Å². The van der Waals surface area contributed by atoms with Gasteiger partial charge in [0.15, 0.2) is 0 Å². The maximum absolute atomic E-state index is 12.3. The summed E-state index contributed by atoms with van der Waals surface area (Å²) in [5.74, 6) is 0.232. The van der Waals surface area contributed by atoms with Crippen LogP contribution < -0.4 is 10.5 Å². The van der Waals surface area contributed by atoms with Crippen molar-refractivity contribution in [2.75, 3.05) is 26.3 Å². The van der Waals surface area contributed by atoms with Crippen LogP contribution in [0.5, 0.6) is 5.75 Å². The van der Waals surface area contributed by atoms with Crippen molar-refractivity contribution in [3.63, 3.8) is 0 Å². The topological polar surface area (TPSA) is 94.8 Å². The highest BCUT2D eigenvalue weighted by Crippen LogP contribution is 2.23. The highest BCUT2D eigenvalue weighted by molar-refractivity contribution is 5.91. The van der Waals surface area contributed by atoms with Crippen molar-refractivity contribution in [1.82, 2.24) is 9.88 Å². The van der Waals surface area contributed by atoms with E-state index in [-0.39, 0.29) is 23.6 Å². The van der Waals surface area contributed by atoms with E-state index in [1.54, 1.807) is 6.07 Å². The summed E-state index contributed by atoms with van der Waals surface area (Å²) in [5.41, 5.74) is 5.36. The van der Waals surface area contributed by atoms with Crippen molar-refractivity contribution < 1.29 is 19.1 Å². The summed E-state index contributed by atoms with van der Waals surface area (Å²) in [4.78, 5) is 29.0. The van der Waals surface area contributed by atoms with E-state index in [1.165, 1.54) is 12.3 Å². The van der Waals surface area contributed by atoms with E-state index in [0.717, 1.165) is 12.8 Å². The molecule has 1 aromatic heterocycles. The molecule has 7 heteroatoms. The Kier molecular flexibility index (Phi) is 4.24. The number of carbonyl (C=O) groups is 2. The number of hydrogen-bond donors (Lipinski definition) is 1. The lowest BCUT2D eigenvalue weighted by Crippen LogP contribution is -2.58. The van der Waals surface area contributed by atoms with Gasteiger partial charge in [0, 0.05) is 31.4 Å². The number of primary amides is 1. The van der Waals surface area contributed by atoms with Gasteiger partial charge in [-0.15, -0.1) is 0 Å². The van der Waals surface area contributed by atoms with E-state index >= 15 is 0 Å². The van der Waals surface area contributed by atoms with E-state index < -0.39 is 5.91 Å². The van der Waals surface area contributed by atoms with Crippen LogP contribution in [0, 0.1) is 5.92 Å². The van der Waals surface area contributed by atoms with Crippen LogP contribution in [-0.4, -0.2) is 54.1 Å². The average molecular weight is 305 g/mol. The molecule has 0 bridgehead atoms. The smallest absolute Gasteiger partial charge is 0.267 e. The molecule has 0 saturated carbocycles. The molecule has 0 unspecified atom stereocenters. The minimum absolute atomic E-state index is 0.0492. The number of nitrogens with two attached hydrogens (primary N) is 1. The third-order valence-corrected chi connectivity index (χ3v) is 4.02. The fraction of sp³-hybridized carbons (Fsp3) is 0.533. The molecule has 2 saturated heterocycles. The number of pyridine rings is 1. The van der Waals surface area contributed by atoms with Crippen molar-refractivity contribution in [1.29, 1.82) is 0 Å². The van der Waals surface area contributed by atoms with Gasteiger partial charge in [-0.3, -0.25) is 14.6 Å². The Hall–Kier alpha value is -2.15. The van der Waals surface area contributed by atoms with Crippen LogP contribution >= 0.6 is 0 Å². The Balaban J connectivity index is 1.50. The Morgan fingerprint density at radius 2 is 2.05 bits per heavy atom. The first-order valence-corrected chi connectivity index (χ1v) is 7.42. The molecule has 2 aliphatic heterocycles. The van der Waals surface area contributed by atoms with Crippen molar-refractivity contribution in [3.8, 4) is 5.75 Å². The fourth-order valence-corrected chi connectivity index (χ4v) is 2.71. The molecule has 3 heterocycles. The zero-order valence-corrected chi connectivity index (χ0v) is 12.2. The third-order valence-electron chi connectivity index (χ3n) is 4.02. The maximum atomic E-state index is 12.3. The summed E-state index contributed by atoms with van der Waals surface area (Å²) in [6.07, 6.45) is 3.03. The van der Waals surface area contributed by atoms with Crippen molar-refractivity contribution in [3.05, 3.63) is 24.0 Å². The fourth-order valence-electron chi connectivity index (χ4n) is 2.71. The van der Waals surface area contributed by atoms with Gasteiger partial charge in [0.1, 0.15) is 17.5 Å². The van der Waals surface area contributed by atoms with Gasteiger partial charge in [0.05, 0.1) is 13.1 Å². The summed E-state index contributed by atoms with van der Waals surface area (Å²) in [5, 5.41) is 0. The third kappa shape index (κ3) is 3.19. The molecule has 3 rings (SSSR count). The SMILES string of the molecule is NC(=O)c1cc(OC2CN(C(=O)C3CCOCC3)C2)ccn1. The Labute approximate surface area is 128 Å². The van der Waals surface area contributed by atoms with Crippen molar-refractivity contribution in [2.24, 2.45) is 11.7 Å². The monoisotopic (exact) mass is 305 g/mol. The first-order valence-electron chi connectivity index (χ1n) is 7.42. The summed E-state index contributed by atoms with van der Waals surface area (Å²) in [6.45, 7) is 2.48. The van der Waals surface area contributed by atoms with E-state index in [4.69, 9.17) is 15.2 Å². The number of amides is 2. The summed E-state index contributed by atoms with van der Waals surface area (Å²) in [6, 6.07) is 3.20. The van der Waals surface area contributed by atoms with Crippen LogP contribution in [0.15, 0.2) is 18.3 Å². The number of aromatic nitrogens is 1. The van der Waals surface area contributed by atoms with Gasteiger partial charge in [-0.05, 0) is 18.9 Å². The second kappa shape index (κ2) is 6.31. The number of hydrogen-bond acceptors (Lipinski definition) is 5. The molecule has 0 aliphatic carbocycles. The molecular formula is C15H19N3O4. The predicted molar refractivity (Wildman–Crippen MR) is 77.3 cm³/mol. The van der Waals surface area contributed by atoms with Gasteiger partial charge in [0.2, 0.25) is 5.91 Å². The van der Waals surface area contributed by atoms with Crippen LogP contribution in [0.1, 0.15) is 23.3 Å². The van der Waals surface area contributed by atoms with Crippen molar-refractivity contribution >= 4 is 11.8 Å². The van der Waals surface area contributed by atoms with Gasteiger partial charge in [0.25, 0.3) is 5.91 Å². The van der Waals surface area contributed by atoms with Gasteiger partial charge in [-0.25, -0.2) is 0 Å². The summed E-state index contributed by atoms with van der Waals surface area (Å²) in [7, 11) is 0. The first-order chi connectivity index (χ1) is 10.6. The van der Waals surface area contributed by atoms with E-state index in [0.29, 0.717) is 32.1 Å². The van der Waals surface area contributed by atoms with Gasteiger partial charge in [-0.1, -0.05) is 0 Å².